The number of nitrogens with one attached hydrogen (secondary N) is 2. The number of fused-ring (bicyclic) bond motifs is 1. The van der Waals surface area contributed by atoms with Gasteiger partial charge in [0, 0.05) is 0 Å². The third-order valence-electron chi connectivity index (χ3n) is 4.24. The van der Waals surface area contributed by atoms with Crippen molar-refractivity contribution in [2.45, 2.75) is 19.9 Å². The maximum absolute atomic E-state index is 12.2. The van der Waals surface area contributed by atoms with Crippen LogP contribution < -0.4 is 10.2 Å². The number of quaternary nitrogens is 1. The van der Waals surface area contributed by atoms with Gasteiger partial charge in [-0.1, -0.05) is 6.07 Å². The first-order valence-electron chi connectivity index (χ1n) is 8.51. The van der Waals surface area contributed by atoms with Gasteiger partial charge in [0.2, 0.25) is 0 Å². The Morgan fingerprint density at radius 3 is 2.85 bits per heavy atom. The summed E-state index contributed by atoms with van der Waals surface area (Å²) in [6.45, 7) is 4.84. The second kappa shape index (κ2) is 8.11. The van der Waals surface area contributed by atoms with Crippen LogP contribution in [0.25, 0.3) is 10.2 Å². The first kappa shape index (κ1) is 18.8. The minimum atomic E-state index is -0.298. The SMILES string of the molecule is CCOC(=O)c1sc2ncnc(NC[C@@H](c3cccs3)[NH+](C)C)c2c1C. The molecule has 26 heavy (non-hydrogen) atoms. The van der Waals surface area contributed by atoms with Gasteiger partial charge in [0.15, 0.2) is 0 Å². The van der Waals surface area contributed by atoms with Gasteiger partial charge in [-0.25, -0.2) is 14.8 Å². The van der Waals surface area contributed by atoms with Crippen molar-refractivity contribution < 1.29 is 14.4 Å². The highest BCUT2D eigenvalue weighted by molar-refractivity contribution is 7.20. The molecule has 0 aliphatic heterocycles. The predicted octanol–water partition coefficient (Wildman–Crippen LogP) is 2.54. The summed E-state index contributed by atoms with van der Waals surface area (Å²) in [6.07, 6.45) is 1.54. The molecular formula is C18H23N4O2S2+. The van der Waals surface area contributed by atoms with E-state index in [0.717, 1.165) is 28.1 Å². The molecule has 138 valence electrons. The van der Waals surface area contributed by atoms with Crippen LogP contribution in [0.1, 0.15) is 33.1 Å². The number of anilines is 1. The van der Waals surface area contributed by atoms with Crippen molar-refractivity contribution in [2.75, 3.05) is 32.6 Å². The maximum Gasteiger partial charge on any atom is 0.348 e. The van der Waals surface area contributed by atoms with Crippen LogP contribution in [0.15, 0.2) is 23.8 Å². The molecule has 1 atom stereocenters. The third-order valence-corrected chi connectivity index (χ3v) is 6.41. The molecule has 0 aromatic carbocycles. The van der Waals surface area contributed by atoms with Gasteiger partial charge in [-0.3, -0.25) is 0 Å². The smallest absolute Gasteiger partial charge is 0.348 e. The minimum absolute atomic E-state index is 0.298. The highest BCUT2D eigenvalue weighted by Gasteiger charge is 2.22. The maximum atomic E-state index is 12.2. The molecule has 0 radical (unpaired) electrons. The lowest BCUT2D eigenvalue weighted by molar-refractivity contribution is -0.889. The Labute approximate surface area is 160 Å². The number of rotatable bonds is 7. The molecule has 0 aliphatic carbocycles. The van der Waals surface area contributed by atoms with E-state index in [1.54, 1.807) is 11.3 Å². The van der Waals surface area contributed by atoms with E-state index in [9.17, 15) is 4.79 Å². The highest BCUT2D eigenvalue weighted by Crippen LogP contribution is 2.33. The predicted molar refractivity (Wildman–Crippen MR) is 106 cm³/mol. The largest absolute Gasteiger partial charge is 0.462 e. The molecular weight excluding hydrogens is 368 g/mol. The van der Waals surface area contributed by atoms with E-state index in [0.29, 0.717) is 17.5 Å². The Hall–Kier alpha value is -2.03. The second-order valence-corrected chi connectivity index (χ2v) is 8.18. The molecule has 0 spiro atoms. The van der Waals surface area contributed by atoms with Gasteiger partial charge in [-0.05, 0) is 30.9 Å². The summed E-state index contributed by atoms with van der Waals surface area (Å²) in [6, 6.07) is 4.56. The Morgan fingerprint density at radius 2 is 2.19 bits per heavy atom. The summed E-state index contributed by atoms with van der Waals surface area (Å²) in [5.74, 6) is 0.468. The summed E-state index contributed by atoms with van der Waals surface area (Å²) >= 11 is 3.12. The van der Waals surface area contributed by atoms with Crippen molar-refractivity contribution in [2.24, 2.45) is 0 Å². The van der Waals surface area contributed by atoms with Crippen LogP contribution in [0.2, 0.25) is 0 Å². The number of aromatic nitrogens is 2. The number of hydrogen-bond acceptors (Lipinski definition) is 7. The molecule has 0 fully saturated rings. The highest BCUT2D eigenvalue weighted by atomic mass is 32.1. The molecule has 3 aromatic rings. The van der Waals surface area contributed by atoms with Crippen molar-refractivity contribution in [3.8, 4) is 0 Å². The summed E-state index contributed by atoms with van der Waals surface area (Å²) in [7, 11) is 4.30. The number of carbonyl (C=O) groups excluding carboxylic acids is 1. The average Bonchev–Trinajstić information content (AvgIpc) is 3.24. The zero-order valence-corrected chi connectivity index (χ0v) is 17.0. The molecule has 0 saturated carbocycles. The van der Waals surface area contributed by atoms with Gasteiger partial charge in [-0.15, -0.1) is 22.7 Å². The van der Waals surface area contributed by atoms with Crippen molar-refractivity contribution in [1.82, 2.24) is 9.97 Å². The van der Waals surface area contributed by atoms with Crippen LogP contribution in [-0.2, 0) is 4.74 Å². The molecule has 0 saturated heterocycles. The molecule has 3 aromatic heterocycles. The molecule has 0 amide bonds. The summed E-state index contributed by atoms with van der Waals surface area (Å²) < 4.78 is 5.16. The van der Waals surface area contributed by atoms with Crippen LogP contribution in [0.5, 0.6) is 0 Å². The average molecular weight is 392 g/mol. The number of aryl methyl sites for hydroxylation is 1. The normalized spacial score (nSPS) is 12.5. The fourth-order valence-electron chi connectivity index (χ4n) is 2.87. The Bertz CT molecular complexity index is 890. The number of nitrogens with zero attached hydrogens (tertiary/aromatic N) is 2. The molecule has 0 unspecified atom stereocenters. The quantitative estimate of drug-likeness (QED) is 0.606. The van der Waals surface area contributed by atoms with Gasteiger partial charge < -0.3 is 15.0 Å². The van der Waals surface area contributed by atoms with Gasteiger partial charge in [0.25, 0.3) is 0 Å². The molecule has 2 N–H and O–H groups in total. The first-order chi connectivity index (χ1) is 12.5. The number of esters is 1. The summed E-state index contributed by atoms with van der Waals surface area (Å²) in [5, 5.41) is 6.47. The van der Waals surface area contributed by atoms with Crippen LogP contribution in [0, 0.1) is 6.92 Å². The lowest BCUT2D eigenvalue weighted by Gasteiger charge is -2.21. The third kappa shape index (κ3) is 3.72. The molecule has 8 heteroatoms. The Balaban J connectivity index is 1.89. The van der Waals surface area contributed by atoms with E-state index in [1.165, 1.54) is 27.4 Å². The fourth-order valence-corrected chi connectivity index (χ4v) is 4.87. The number of carbonyl (C=O) groups is 1. The lowest BCUT2D eigenvalue weighted by atomic mass is 10.2. The first-order valence-corrected chi connectivity index (χ1v) is 10.2. The van der Waals surface area contributed by atoms with Gasteiger partial charge in [0.05, 0.1) is 37.5 Å². The zero-order chi connectivity index (χ0) is 18.7. The standard InChI is InChI=1S/C18H22N4O2S2/c1-5-24-18(23)15-11(2)14-16(20-10-21-17(14)26-15)19-9-12(22(3)4)13-7-6-8-25-13/h6-8,10,12H,5,9H2,1-4H3,(H,19,20,21)/p+1/t12-/m0/s1. The second-order valence-electron chi connectivity index (χ2n) is 6.21. The summed E-state index contributed by atoms with van der Waals surface area (Å²) in [4.78, 5) is 25.0. The van der Waals surface area contributed by atoms with Gasteiger partial charge in [0.1, 0.15) is 27.9 Å². The van der Waals surface area contributed by atoms with Gasteiger partial charge in [-0.2, -0.15) is 0 Å². The molecule has 3 rings (SSSR count). The molecule has 6 nitrogen and oxygen atoms in total. The van der Waals surface area contributed by atoms with Crippen LogP contribution in [-0.4, -0.2) is 43.2 Å². The van der Waals surface area contributed by atoms with Crippen LogP contribution in [0.3, 0.4) is 0 Å². The van der Waals surface area contributed by atoms with E-state index in [1.807, 2.05) is 13.8 Å². The van der Waals surface area contributed by atoms with Crippen LogP contribution in [0.4, 0.5) is 5.82 Å². The van der Waals surface area contributed by atoms with E-state index in [4.69, 9.17) is 4.74 Å². The van der Waals surface area contributed by atoms with Crippen molar-refractivity contribution in [3.63, 3.8) is 0 Å². The van der Waals surface area contributed by atoms with E-state index in [2.05, 4.69) is 46.9 Å². The monoisotopic (exact) mass is 391 g/mol. The topological polar surface area (TPSA) is 68.5 Å². The number of thiophene rings is 2. The van der Waals surface area contributed by atoms with Crippen molar-refractivity contribution in [3.05, 3.63) is 39.2 Å². The fraction of sp³-hybridized carbons (Fsp3) is 0.389. The zero-order valence-electron chi connectivity index (χ0n) is 15.3. The van der Waals surface area contributed by atoms with E-state index in [-0.39, 0.29) is 5.97 Å². The van der Waals surface area contributed by atoms with E-state index >= 15 is 0 Å². The molecule has 0 aliphatic rings. The number of hydrogen-bond donors (Lipinski definition) is 2. The van der Waals surface area contributed by atoms with E-state index < -0.39 is 0 Å². The van der Waals surface area contributed by atoms with Gasteiger partial charge >= 0.3 is 5.97 Å². The van der Waals surface area contributed by atoms with Crippen LogP contribution >= 0.6 is 22.7 Å². The molecule has 0 bridgehead atoms. The number of likely N-dealkylation sites (N-methyl/N-ethyl adjacent to an activating group) is 1. The summed E-state index contributed by atoms with van der Waals surface area (Å²) in [5.41, 5.74) is 0.872. The minimum Gasteiger partial charge on any atom is -0.462 e. The Morgan fingerprint density at radius 1 is 1.38 bits per heavy atom. The van der Waals surface area contributed by atoms with Crippen molar-refractivity contribution in [1.29, 1.82) is 0 Å². The number of ether oxygens (including phenoxy) is 1. The lowest BCUT2D eigenvalue weighted by Crippen LogP contribution is -3.06. The van der Waals surface area contributed by atoms with Crippen molar-refractivity contribution >= 4 is 44.7 Å². The molecule has 3 heterocycles. The Kier molecular flexibility index (Phi) is 5.85.